The van der Waals surface area contributed by atoms with Crippen molar-refractivity contribution in [2.75, 3.05) is 11.9 Å². The minimum atomic E-state index is 0.371. The van der Waals surface area contributed by atoms with E-state index in [2.05, 4.69) is 27.1 Å². The smallest absolute Gasteiger partial charge is 0.316 e. The van der Waals surface area contributed by atoms with E-state index in [1.807, 2.05) is 18.2 Å². The van der Waals surface area contributed by atoms with Gasteiger partial charge in [-0.25, -0.2) is 0 Å². The molecule has 0 saturated heterocycles. The second kappa shape index (κ2) is 4.36. The van der Waals surface area contributed by atoms with Crippen LogP contribution in [-0.2, 0) is 0 Å². The topological polar surface area (TPSA) is 63.8 Å². The lowest BCUT2D eigenvalue weighted by atomic mass is 10.3. The highest BCUT2D eigenvalue weighted by Crippen LogP contribution is 2.16. The molecule has 0 saturated carbocycles. The standard InChI is InChI=1S/C10H10N4O/c1-2-6-12-10-14-13-9(15-10)8-5-3-4-7-11-8/h2-5,7H,1,6H2,(H,12,14). The molecule has 0 amide bonds. The summed E-state index contributed by atoms with van der Waals surface area (Å²) >= 11 is 0. The molecule has 2 heterocycles. The molecule has 76 valence electrons. The Morgan fingerprint density at radius 1 is 1.40 bits per heavy atom. The van der Waals surface area contributed by atoms with Crippen LogP contribution in [-0.4, -0.2) is 21.7 Å². The van der Waals surface area contributed by atoms with E-state index in [4.69, 9.17) is 4.42 Å². The third kappa shape index (κ3) is 2.19. The summed E-state index contributed by atoms with van der Waals surface area (Å²) < 4.78 is 5.33. The van der Waals surface area contributed by atoms with Crippen molar-refractivity contribution in [2.45, 2.75) is 0 Å². The van der Waals surface area contributed by atoms with Crippen LogP contribution in [0.5, 0.6) is 0 Å². The second-order valence-electron chi connectivity index (χ2n) is 2.80. The van der Waals surface area contributed by atoms with Crippen LogP contribution in [0.3, 0.4) is 0 Å². The van der Waals surface area contributed by atoms with Crippen molar-refractivity contribution < 1.29 is 4.42 Å². The van der Waals surface area contributed by atoms with Gasteiger partial charge in [0.05, 0.1) is 0 Å². The number of hydrogen-bond donors (Lipinski definition) is 1. The van der Waals surface area contributed by atoms with Gasteiger partial charge >= 0.3 is 6.01 Å². The van der Waals surface area contributed by atoms with Gasteiger partial charge in [0.15, 0.2) is 0 Å². The van der Waals surface area contributed by atoms with E-state index in [0.29, 0.717) is 24.1 Å². The van der Waals surface area contributed by atoms with E-state index >= 15 is 0 Å². The molecule has 5 heteroatoms. The van der Waals surface area contributed by atoms with Gasteiger partial charge in [-0.2, -0.15) is 0 Å². The molecule has 0 aromatic carbocycles. The first-order chi connectivity index (χ1) is 7.40. The predicted molar refractivity (Wildman–Crippen MR) is 56.2 cm³/mol. The lowest BCUT2D eigenvalue weighted by Crippen LogP contribution is -1.97. The fraction of sp³-hybridized carbons (Fsp3) is 0.100. The van der Waals surface area contributed by atoms with Gasteiger partial charge in [0.25, 0.3) is 5.89 Å². The van der Waals surface area contributed by atoms with E-state index in [-0.39, 0.29) is 0 Å². The molecule has 0 aliphatic heterocycles. The largest absolute Gasteiger partial charge is 0.402 e. The summed E-state index contributed by atoms with van der Waals surface area (Å²) in [6, 6.07) is 5.88. The summed E-state index contributed by atoms with van der Waals surface area (Å²) in [5.74, 6) is 0.405. The highest BCUT2D eigenvalue weighted by Gasteiger charge is 2.07. The number of nitrogens with zero attached hydrogens (tertiary/aromatic N) is 3. The number of nitrogens with one attached hydrogen (secondary N) is 1. The molecule has 0 bridgehead atoms. The predicted octanol–water partition coefficient (Wildman–Crippen LogP) is 1.73. The van der Waals surface area contributed by atoms with Gasteiger partial charge in [-0.15, -0.1) is 11.7 Å². The SMILES string of the molecule is C=CCNc1nnc(-c2ccccn2)o1. The maximum absolute atomic E-state index is 5.33. The first-order valence-corrected chi connectivity index (χ1v) is 4.50. The van der Waals surface area contributed by atoms with Crippen LogP contribution in [0.2, 0.25) is 0 Å². The number of hydrogen-bond acceptors (Lipinski definition) is 5. The Bertz CT molecular complexity index is 438. The Kier molecular flexibility index (Phi) is 2.73. The highest BCUT2D eigenvalue weighted by atomic mass is 16.4. The molecule has 0 aliphatic carbocycles. The second-order valence-corrected chi connectivity index (χ2v) is 2.80. The van der Waals surface area contributed by atoms with Gasteiger partial charge in [0, 0.05) is 12.7 Å². The van der Waals surface area contributed by atoms with Crippen molar-refractivity contribution in [1.29, 1.82) is 0 Å². The van der Waals surface area contributed by atoms with Crippen LogP contribution >= 0.6 is 0 Å². The van der Waals surface area contributed by atoms with Crippen molar-refractivity contribution in [3.8, 4) is 11.6 Å². The van der Waals surface area contributed by atoms with Crippen molar-refractivity contribution in [3.05, 3.63) is 37.1 Å². The summed E-state index contributed by atoms with van der Waals surface area (Å²) in [5.41, 5.74) is 0.664. The molecule has 0 radical (unpaired) electrons. The number of pyridine rings is 1. The molecule has 0 aliphatic rings. The molecular formula is C10H10N4O. The first-order valence-electron chi connectivity index (χ1n) is 4.50. The van der Waals surface area contributed by atoms with Crippen molar-refractivity contribution in [2.24, 2.45) is 0 Å². The Labute approximate surface area is 86.9 Å². The summed E-state index contributed by atoms with van der Waals surface area (Å²) in [5, 5.41) is 10.6. The van der Waals surface area contributed by atoms with Crippen LogP contribution in [0.4, 0.5) is 6.01 Å². The van der Waals surface area contributed by atoms with E-state index in [0.717, 1.165) is 0 Å². The van der Waals surface area contributed by atoms with Crippen LogP contribution in [0, 0.1) is 0 Å². The molecule has 2 rings (SSSR count). The highest BCUT2D eigenvalue weighted by molar-refractivity contribution is 5.46. The van der Waals surface area contributed by atoms with Gasteiger partial charge in [-0.3, -0.25) is 4.98 Å². The number of anilines is 1. The van der Waals surface area contributed by atoms with E-state index in [1.54, 1.807) is 12.3 Å². The summed E-state index contributed by atoms with van der Waals surface area (Å²) in [7, 11) is 0. The summed E-state index contributed by atoms with van der Waals surface area (Å²) in [6.45, 7) is 4.16. The Hall–Kier alpha value is -2.17. The molecule has 2 aromatic heterocycles. The molecule has 0 spiro atoms. The molecule has 0 atom stereocenters. The normalized spacial score (nSPS) is 9.87. The molecule has 1 N–H and O–H groups in total. The van der Waals surface area contributed by atoms with Crippen LogP contribution in [0.15, 0.2) is 41.5 Å². The van der Waals surface area contributed by atoms with Crippen LogP contribution < -0.4 is 5.32 Å². The maximum Gasteiger partial charge on any atom is 0.316 e. The Morgan fingerprint density at radius 2 is 2.33 bits per heavy atom. The average Bonchev–Trinajstić information content (AvgIpc) is 2.76. The zero-order valence-electron chi connectivity index (χ0n) is 8.05. The fourth-order valence-electron chi connectivity index (χ4n) is 1.05. The van der Waals surface area contributed by atoms with E-state index in [1.165, 1.54) is 0 Å². The minimum absolute atomic E-state index is 0.371. The number of rotatable bonds is 4. The van der Waals surface area contributed by atoms with Crippen LogP contribution in [0.1, 0.15) is 0 Å². The third-order valence-electron chi connectivity index (χ3n) is 1.71. The average molecular weight is 202 g/mol. The van der Waals surface area contributed by atoms with Gasteiger partial charge in [-0.05, 0) is 12.1 Å². The Morgan fingerprint density at radius 3 is 3.07 bits per heavy atom. The minimum Gasteiger partial charge on any atom is -0.402 e. The molecule has 5 nitrogen and oxygen atoms in total. The van der Waals surface area contributed by atoms with E-state index < -0.39 is 0 Å². The van der Waals surface area contributed by atoms with E-state index in [9.17, 15) is 0 Å². The van der Waals surface area contributed by atoms with Gasteiger partial charge in [0.1, 0.15) is 5.69 Å². The van der Waals surface area contributed by atoms with Gasteiger partial charge < -0.3 is 9.73 Å². The first kappa shape index (κ1) is 9.39. The molecule has 0 unspecified atom stereocenters. The van der Waals surface area contributed by atoms with Crippen molar-refractivity contribution in [3.63, 3.8) is 0 Å². The van der Waals surface area contributed by atoms with Crippen LogP contribution in [0.25, 0.3) is 11.6 Å². The zero-order chi connectivity index (χ0) is 10.5. The lowest BCUT2D eigenvalue weighted by molar-refractivity contribution is 0.581. The lowest BCUT2D eigenvalue weighted by Gasteiger charge is -1.93. The van der Waals surface area contributed by atoms with Crippen molar-refractivity contribution in [1.82, 2.24) is 15.2 Å². The monoisotopic (exact) mass is 202 g/mol. The van der Waals surface area contributed by atoms with Crippen molar-refractivity contribution >= 4 is 6.01 Å². The Balaban J connectivity index is 2.17. The van der Waals surface area contributed by atoms with Gasteiger partial charge in [0.2, 0.25) is 0 Å². The van der Waals surface area contributed by atoms with Gasteiger partial charge in [-0.1, -0.05) is 17.2 Å². The number of aromatic nitrogens is 3. The molecule has 15 heavy (non-hydrogen) atoms. The zero-order valence-corrected chi connectivity index (χ0v) is 8.05. The quantitative estimate of drug-likeness (QED) is 0.765. The molecular weight excluding hydrogens is 192 g/mol. The molecule has 0 fully saturated rings. The fourth-order valence-corrected chi connectivity index (χ4v) is 1.05. The maximum atomic E-state index is 5.33. The summed E-state index contributed by atoms with van der Waals surface area (Å²) in [4.78, 5) is 4.10. The third-order valence-corrected chi connectivity index (χ3v) is 1.71. The molecule has 2 aromatic rings. The summed E-state index contributed by atoms with van der Waals surface area (Å²) in [6.07, 6.45) is 3.39.